The molecule has 3 rings (SSSR count). The van der Waals surface area contributed by atoms with E-state index in [0.717, 1.165) is 16.5 Å². The lowest BCUT2D eigenvalue weighted by Gasteiger charge is -2.13. The van der Waals surface area contributed by atoms with Crippen LogP contribution in [0.5, 0.6) is 17.5 Å². The van der Waals surface area contributed by atoms with Crippen LogP contribution >= 0.6 is 0 Å². The Hall–Kier alpha value is -2.76. The molecule has 0 atom stereocenters. The molecule has 0 saturated carbocycles. The smallest absolute Gasteiger partial charge is 0.254 e. The molecule has 0 unspecified atom stereocenters. The van der Waals surface area contributed by atoms with Crippen molar-refractivity contribution in [2.75, 3.05) is 14.2 Å². The quantitative estimate of drug-likeness (QED) is 0.715. The number of hydrogen-bond acceptors (Lipinski definition) is 6. The van der Waals surface area contributed by atoms with E-state index in [4.69, 9.17) is 18.7 Å². The predicted octanol–water partition coefficient (Wildman–Crippen LogP) is 3.69. The first-order valence-electron chi connectivity index (χ1n) is 7.27. The van der Waals surface area contributed by atoms with Crippen molar-refractivity contribution in [3.63, 3.8) is 0 Å². The summed E-state index contributed by atoms with van der Waals surface area (Å²) in [5.41, 5.74) is 0.622. The van der Waals surface area contributed by atoms with E-state index < -0.39 is 0 Å². The van der Waals surface area contributed by atoms with Crippen LogP contribution in [0.15, 0.2) is 34.9 Å². The van der Waals surface area contributed by atoms with E-state index in [1.54, 1.807) is 13.2 Å². The highest BCUT2D eigenvalue weighted by Gasteiger charge is 2.14. The van der Waals surface area contributed by atoms with Gasteiger partial charge in [0.25, 0.3) is 5.88 Å². The van der Waals surface area contributed by atoms with Crippen molar-refractivity contribution < 1.29 is 18.7 Å². The lowest BCUT2D eigenvalue weighted by atomic mass is 10.1. The lowest BCUT2D eigenvalue weighted by Crippen LogP contribution is -2.07. The molecule has 23 heavy (non-hydrogen) atoms. The van der Waals surface area contributed by atoms with Gasteiger partial charge in [-0.3, -0.25) is 0 Å². The van der Waals surface area contributed by atoms with E-state index in [0.29, 0.717) is 23.2 Å². The van der Waals surface area contributed by atoms with Crippen LogP contribution in [0.3, 0.4) is 0 Å². The molecule has 6 nitrogen and oxygen atoms in total. The van der Waals surface area contributed by atoms with E-state index in [2.05, 4.69) is 10.1 Å². The molecular weight excluding hydrogens is 296 g/mol. The van der Waals surface area contributed by atoms with Crippen molar-refractivity contribution in [1.82, 2.24) is 10.1 Å². The van der Waals surface area contributed by atoms with Crippen molar-refractivity contribution in [3.05, 3.63) is 30.3 Å². The molecule has 2 heterocycles. The molecular formula is C17H18N2O4. The van der Waals surface area contributed by atoms with E-state index in [1.165, 1.54) is 7.11 Å². The first kappa shape index (κ1) is 15.1. The number of benzene rings is 1. The van der Waals surface area contributed by atoms with Gasteiger partial charge in [0.1, 0.15) is 11.4 Å². The molecule has 0 aliphatic carbocycles. The SMILES string of the molecule is COc1ccc2c(OC(C)C)nc(-c3cc(OC)no3)cc2c1. The molecule has 0 aliphatic rings. The highest BCUT2D eigenvalue weighted by atomic mass is 16.5. The molecule has 0 bridgehead atoms. The Bertz CT molecular complexity index is 827. The highest BCUT2D eigenvalue weighted by Crippen LogP contribution is 2.33. The standard InChI is InChI=1S/C17H18N2O4/c1-10(2)22-17-13-6-5-12(20-3)7-11(13)8-14(18-17)15-9-16(21-4)19-23-15/h5-10H,1-4H3. The number of aromatic nitrogens is 2. The van der Waals surface area contributed by atoms with Crippen molar-refractivity contribution in [3.8, 4) is 29.0 Å². The second-order valence-corrected chi connectivity index (χ2v) is 5.30. The summed E-state index contributed by atoms with van der Waals surface area (Å²) in [6.45, 7) is 3.92. The summed E-state index contributed by atoms with van der Waals surface area (Å²) in [6, 6.07) is 9.35. The Morgan fingerprint density at radius 3 is 2.52 bits per heavy atom. The van der Waals surface area contributed by atoms with Gasteiger partial charge in [-0.15, -0.1) is 0 Å². The van der Waals surface area contributed by atoms with Gasteiger partial charge in [-0.1, -0.05) is 0 Å². The van der Waals surface area contributed by atoms with Gasteiger partial charge in [0.2, 0.25) is 5.88 Å². The monoisotopic (exact) mass is 314 g/mol. The Labute approximate surface area is 134 Å². The van der Waals surface area contributed by atoms with Crippen LogP contribution in [0, 0.1) is 0 Å². The maximum absolute atomic E-state index is 5.85. The van der Waals surface area contributed by atoms with Crippen LogP contribution in [0.25, 0.3) is 22.2 Å². The molecule has 2 aromatic heterocycles. The Morgan fingerprint density at radius 1 is 1.04 bits per heavy atom. The van der Waals surface area contributed by atoms with Crippen molar-refractivity contribution >= 4 is 10.8 Å². The van der Waals surface area contributed by atoms with Gasteiger partial charge in [-0.05, 0) is 48.7 Å². The molecule has 0 saturated heterocycles. The van der Waals surface area contributed by atoms with E-state index in [1.807, 2.05) is 38.1 Å². The third kappa shape index (κ3) is 3.06. The predicted molar refractivity (Wildman–Crippen MR) is 86.1 cm³/mol. The molecule has 3 aromatic rings. The average Bonchev–Trinajstić information content (AvgIpc) is 3.02. The fourth-order valence-electron chi connectivity index (χ4n) is 2.25. The van der Waals surface area contributed by atoms with Crippen LogP contribution < -0.4 is 14.2 Å². The maximum Gasteiger partial charge on any atom is 0.254 e. The van der Waals surface area contributed by atoms with Gasteiger partial charge in [0.15, 0.2) is 5.76 Å². The maximum atomic E-state index is 5.85. The topological polar surface area (TPSA) is 66.6 Å². The minimum atomic E-state index is 0.00677. The number of methoxy groups -OCH3 is 2. The molecule has 0 amide bonds. The zero-order valence-corrected chi connectivity index (χ0v) is 13.5. The fraction of sp³-hybridized carbons (Fsp3) is 0.294. The summed E-state index contributed by atoms with van der Waals surface area (Å²) >= 11 is 0. The molecule has 0 radical (unpaired) electrons. The van der Waals surface area contributed by atoms with Crippen molar-refractivity contribution in [2.45, 2.75) is 20.0 Å². The summed E-state index contributed by atoms with van der Waals surface area (Å²) in [4.78, 5) is 4.56. The minimum absolute atomic E-state index is 0.00677. The zero-order chi connectivity index (χ0) is 16.4. The second-order valence-electron chi connectivity index (χ2n) is 5.30. The first-order chi connectivity index (χ1) is 11.1. The largest absolute Gasteiger partial charge is 0.497 e. The van der Waals surface area contributed by atoms with E-state index in [-0.39, 0.29) is 6.10 Å². The second kappa shape index (κ2) is 6.16. The van der Waals surface area contributed by atoms with Crippen molar-refractivity contribution in [2.24, 2.45) is 0 Å². The van der Waals surface area contributed by atoms with Gasteiger partial charge >= 0.3 is 0 Å². The molecule has 6 heteroatoms. The molecule has 0 fully saturated rings. The third-order valence-electron chi connectivity index (χ3n) is 3.30. The van der Waals surface area contributed by atoms with Gasteiger partial charge < -0.3 is 18.7 Å². The third-order valence-corrected chi connectivity index (χ3v) is 3.30. The van der Waals surface area contributed by atoms with Gasteiger partial charge in [-0.2, -0.15) is 0 Å². The minimum Gasteiger partial charge on any atom is -0.497 e. The Kier molecular flexibility index (Phi) is 4.06. The number of rotatable bonds is 5. The Morgan fingerprint density at radius 2 is 1.87 bits per heavy atom. The first-order valence-corrected chi connectivity index (χ1v) is 7.27. The van der Waals surface area contributed by atoms with Crippen LogP contribution in [-0.4, -0.2) is 30.5 Å². The van der Waals surface area contributed by atoms with Gasteiger partial charge in [0, 0.05) is 5.39 Å². The summed E-state index contributed by atoms with van der Waals surface area (Å²) in [5.74, 6) is 2.23. The van der Waals surface area contributed by atoms with Gasteiger partial charge in [0.05, 0.1) is 26.4 Å². The lowest BCUT2D eigenvalue weighted by molar-refractivity contribution is 0.236. The van der Waals surface area contributed by atoms with E-state index in [9.17, 15) is 0 Å². The van der Waals surface area contributed by atoms with Crippen LogP contribution in [-0.2, 0) is 0 Å². The molecule has 0 spiro atoms. The zero-order valence-electron chi connectivity index (χ0n) is 13.5. The molecule has 0 aliphatic heterocycles. The number of pyridine rings is 1. The van der Waals surface area contributed by atoms with Gasteiger partial charge in [-0.25, -0.2) is 4.98 Å². The average molecular weight is 314 g/mol. The molecule has 1 aromatic carbocycles. The normalized spacial score (nSPS) is 11.0. The fourth-order valence-corrected chi connectivity index (χ4v) is 2.25. The number of nitrogens with zero attached hydrogens (tertiary/aromatic N) is 2. The number of ether oxygens (including phenoxy) is 3. The summed E-state index contributed by atoms with van der Waals surface area (Å²) in [7, 11) is 3.17. The Balaban J connectivity index is 2.17. The van der Waals surface area contributed by atoms with Crippen LogP contribution in [0.4, 0.5) is 0 Å². The number of fused-ring (bicyclic) bond motifs is 1. The summed E-state index contributed by atoms with van der Waals surface area (Å²) in [5, 5.41) is 5.67. The number of hydrogen-bond donors (Lipinski definition) is 0. The van der Waals surface area contributed by atoms with Crippen LogP contribution in [0.2, 0.25) is 0 Å². The highest BCUT2D eigenvalue weighted by molar-refractivity contribution is 5.90. The molecule has 120 valence electrons. The summed E-state index contributed by atoms with van der Waals surface area (Å²) < 4.78 is 21.5. The molecule has 0 N–H and O–H groups in total. The summed E-state index contributed by atoms with van der Waals surface area (Å²) in [6.07, 6.45) is 0.00677. The van der Waals surface area contributed by atoms with Crippen LogP contribution in [0.1, 0.15) is 13.8 Å². The van der Waals surface area contributed by atoms with E-state index >= 15 is 0 Å². The van der Waals surface area contributed by atoms with Crippen molar-refractivity contribution in [1.29, 1.82) is 0 Å².